The Hall–Kier alpha value is -3.12. The molecule has 3 rings (SSSR count). The Morgan fingerprint density at radius 2 is 1.60 bits per heavy atom. The predicted octanol–water partition coefficient (Wildman–Crippen LogP) is 5.69. The third-order valence-corrected chi connectivity index (χ3v) is 6.45. The van der Waals surface area contributed by atoms with E-state index in [4.69, 9.17) is 4.74 Å². The smallest absolute Gasteiger partial charge is 0.261 e. The van der Waals surface area contributed by atoms with E-state index in [1.807, 2.05) is 99.6 Å². The number of amides is 2. The molecule has 0 heterocycles. The van der Waals surface area contributed by atoms with E-state index in [1.54, 1.807) is 4.90 Å². The van der Waals surface area contributed by atoms with Crippen LogP contribution in [0.15, 0.2) is 83.3 Å². The van der Waals surface area contributed by atoms with Crippen molar-refractivity contribution >= 4 is 27.7 Å². The highest BCUT2D eigenvalue weighted by atomic mass is 79.9. The summed E-state index contributed by atoms with van der Waals surface area (Å²) in [6.45, 7) is 6.14. The topological polar surface area (TPSA) is 58.6 Å². The Balaban J connectivity index is 1.89. The van der Waals surface area contributed by atoms with Gasteiger partial charge < -0.3 is 15.0 Å². The fourth-order valence-corrected chi connectivity index (χ4v) is 3.91. The number of hydrogen-bond donors (Lipinski definition) is 1. The molecule has 0 saturated carbocycles. The third-order valence-electron chi connectivity index (χ3n) is 5.92. The van der Waals surface area contributed by atoms with Gasteiger partial charge in [-0.2, -0.15) is 0 Å². The largest absolute Gasteiger partial charge is 0.484 e. The maximum absolute atomic E-state index is 13.6. The summed E-state index contributed by atoms with van der Waals surface area (Å²) < 4.78 is 6.77. The number of halogens is 1. The molecule has 0 spiro atoms. The summed E-state index contributed by atoms with van der Waals surface area (Å²) in [5.74, 6) is 0.217. The average Bonchev–Trinajstić information content (AvgIpc) is 2.87. The highest BCUT2D eigenvalue weighted by molar-refractivity contribution is 9.10. The average molecular weight is 537 g/mol. The Morgan fingerprint density at radius 1 is 0.943 bits per heavy atom. The standard InChI is InChI=1S/C29H33BrN2O3/c1-4-22(3)31-29(34)27(18-23-8-6-5-7-9-23)32(19-24-12-14-25(30)15-13-24)28(33)20-35-26-16-10-21(2)11-17-26/h5-17,22,27H,4,18-20H2,1-3H3,(H,31,34). The van der Waals surface area contributed by atoms with Crippen LogP contribution in [0.2, 0.25) is 0 Å². The highest BCUT2D eigenvalue weighted by Gasteiger charge is 2.31. The van der Waals surface area contributed by atoms with Gasteiger partial charge in [0.2, 0.25) is 5.91 Å². The van der Waals surface area contributed by atoms with E-state index in [2.05, 4.69) is 21.2 Å². The minimum Gasteiger partial charge on any atom is -0.484 e. The molecule has 0 saturated heterocycles. The number of nitrogens with one attached hydrogen (secondary N) is 1. The molecular formula is C29H33BrN2O3. The van der Waals surface area contributed by atoms with Gasteiger partial charge in [0.05, 0.1) is 0 Å². The van der Waals surface area contributed by atoms with Gasteiger partial charge in [-0.1, -0.05) is 83.0 Å². The van der Waals surface area contributed by atoms with Crippen molar-refractivity contribution in [1.29, 1.82) is 0 Å². The van der Waals surface area contributed by atoms with Gasteiger partial charge in [-0.3, -0.25) is 9.59 Å². The summed E-state index contributed by atoms with van der Waals surface area (Å²) in [5, 5.41) is 3.08. The van der Waals surface area contributed by atoms with E-state index >= 15 is 0 Å². The van der Waals surface area contributed by atoms with Crippen LogP contribution in [-0.2, 0) is 22.6 Å². The van der Waals surface area contributed by atoms with Gasteiger partial charge in [-0.15, -0.1) is 0 Å². The maximum atomic E-state index is 13.6. The van der Waals surface area contributed by atoms with E-state index in [9.17, 15) is 9.59 Å². The summed E-state index contributed by atoms with van der Waals surface area (Å²) in [6, 6.07) is 24.5. The van der Waals surface area contributed by atoms with E-state index < -0.39 is 6.04 Å². The lowest BCUT2D eigenvalue weighted by Gasteiger charge is -2.32. The molecule has 2 atom stereocenters. The molecule has 3 aromatic rings. The molecule has 0 bridgehead atoms. The third kappa shape index (κ3) is 8.25. The first-order chi connectivity index (χ1) is 16.9. The van der Waals surface area contributed by atoms with E-state index in [1.165, 1.54) is 0 Å². The molecule has 35 heavy (non-hydrogen) atoms. The van der Waals surface area contributed by atoms with Gasteiger partial charge in [-0.25, -0.2) is 0 Å². The zero-order chi connectivity index (χ0) is 25.2. The second-order valence-electron chi connectivity index (χ2n) is 8.77. The summed E-state index contributed by atoms with van der Waals surface area (Å²) in [4.78, 5) is 28.7. The lowest BCUT2D eigenvalue weighted by atomic mass is 10.0. The molecule has 2 unspecified atom stereocenters. The molecule has 5 nitrogen and oxygen atoms in total. The van der Waals surface area contributed by atoms with Crippen molar-refractivity contribution in [3.8, 4) is 5.75 Å². The van der Waals surface area contributed by atoms with Crippen LogP contribution in [0.5, 0.6) is 5.75 Å². The van der Waals surface area contributed by atoms with Crippen molar-refractivity contribution in [3.05, 3.63) is 100 Å². The minimum atomic E-state index is -0.677. The monoisotopic (exact) mass is 536 g/mol. The van der Waals surface area contributed by atoms with Crippen molar-refractivity contribution < 1.29 is 14.3 Å². The number of carbonyl (C=O) groups is 2. The normalized spacial score (nSPS) is 12.5. The number of carbonyl (C=O) groups excluding carboxylic acids is 2. The van der Waals surface area contributed by atoms with Gasteiger partial charge in [0.15, 0.2) is 6.61 Å². The number of aryl methyl sites for hydroxylation is 1. The van der Waals surface area contributed by atoms with E-state index in [0.717, 1.165) is 27.6 Å². The zero-order valence-corrected chi connectivity index (χ0v) is 22.1. The molecule has 0 aromatic heterocycles. The molecule has 0 aliphatic rings. The Kier molecular flexibility index (Phi) is 9.91. The van der Waals surface area contributed by atoms with Gasteiger partial charge in [0, 0.05) is 23.5 Å². The number of nitrogens with zero attached hydrogens (tertiary/aromatic N) is 1. The lowest BCUT2D eigenvalue weighted by molar-refractivity contribution is -0.143. The number of benzene rings is 3. The molecule has 184 valence electrons. The Bertz CT molecular complexity index is 1090. The fraction of sp³-hybridized carbons (Fsp3) is 0.310. The predicted molar refractivity (Wildman–Crippen MR) is 143 cm³/mol. The van der Waals surface area contributed by atoms with Crippen molar-refractivity contribution in [2.45, 2.75) is 52.2 Å². The van der Waals surface area contributed by atoms with Gasteiger partial charge in [0.25, 0.3) is 5.91 Å². The van der Waals surface area contributed by atoms with Crippen molar-refractivity contribution in [3.63, 3.8) is 0 Å². The van der Waals surface area contributed by atoms with Crippen LogP contribution in [0.1, 0.15) is 37.0 Å². The first-order valence-electron chi connectivity index (χ1n) is 11.9. The molecule has 2 amide bonds. The van der Waals surface area contributed by atoms with Crippen molar-refractivity contribution in [2.24, 2.45) is 0 Å². The molecule has 3 aromatic carbocycles. The maximum Gasteiger partial charge on any atom is 0.261 e. The molecule has 0 radical (unpaired) electrons. The molecule has 0 fully saturated rings. The summed E-state index contributed by atoms with van der Waals surface area (Å²) in [7, 11) is 0. The molecule has 1 N–H and O–H groups in total. The van der Waals surface area contributed by atoms with E-state index in [-0.39, 0.29) is 24.5 Å². The lowest BCUT2D eigenvalue weighted by Crippen LogP contribution is -2.53. The quantitative estimate of drug-likeness (QED) is 0.342. The van der Waals surface area contributed by atoms with Crippen LogP contribution < -0.4 is 10.1 Å². The molecule has 0 aliphatic heterocycles. The van der Waals surface area contributed by atoms with Gasteiger partial charge >= 0.3 is 0 Å². The minimum absolute atomic E-state index is 0.00853. The van der Waals surface area contributed by atoms with Crippen LogP contribution in [-0.4, -0.2) is 35.4 Å². The summed E-state index contributed by atoms with van der Waals surface area (Å²) >= 11 is 3.46. The Labute approximate surface area is 216 Å². The molecule has 6 heteroatoms. The highest BCUT2D eigenvalue weighted by Crippen LogP contribution is 2.18. The summed E-state index contributed by atoms with van der Waals surface area (Å²) in [6.07, 6.45) is 1.22. The number of rotatable bonds is 11. The summed E-state index contributed by atoms with van der Waals surface area (Å²) in [5.41, 5.74) is 3.04. The second-order valence-corrected chi connectivity index (χ2v) is 9.69. The van der Waals surface area contributed by atoms with Crippen LogP contribution in [0, 0.1) is 6.92 Å². The van der Waals surface area contributed by atoms with Gasteiger partial charge in [0.1, 0.15) is 11.8 Å². The number of hydrogen-bond acceptors (Lipinski definition) is 3. The van der Waals surface area contributed by atoms with Crippen molar-refractivity contribution in [1.82, 2.24) is 10.2 Å². The van der Waals surface area contributed by atoms with Crippen LogP contribution in [0.25, 0.3) is 0 Å². The van der Waals surface area contributed by atoms with Crippen LogP contribution in [0.4, 0.5) is 0 Å². The SMILES string of the molecule is CCC(C)NC(=O)C(Cc1ccccc1)N(Cc1ccc(Br)cc1)C(=O)COc1ccc(C)cc1. The van der Waals surface area contributed by atoms with Crippen LogP contribution in [0.3, 0.4) is 0 Å². The van der Waals surface area contributed by atoms with Crippen LogP contribution >= 0.6 is 15.9 Å². The Morgan fingerprint density at radius 3 is 2.23 bits per heavy atom. The molecule has 0 aliphatic carbocycles. The fourth-order valence-electron chi connectivity index (χ4n) is 3.64. The zero-order valence-electron chi connectivity index (χ0n) is 20.5. The van der Waals surface area contributed by atoms with Gasteiger partial charge in [-0.05, 0) is 55.7 Å². The first kappa shape index (κ1) is 26.5. The van der Waals surface area contributed by atoms with Crippen molar-refractivity contribution in [2.75, 3.05) is 6.61 Å². The number of ether oxygens (including phenoxy) is 1. The second kappa shape index (κ2) is 13.1. The molecular weight excluding hydrogens is 504 g/mol. The first-order valence-corrected chi connectivity index (χ1v) is 12.7. The van der Waals surface area contributed by atoms with E-state index in [0.29, 0.717) is 18.7 Å².